The molecule has 0 aromatic heterocycles. The average molecular weight is 269 g/mol. The number of aliphatic hydroxyl groups is 1. The summed E-state index contributed by atoms with van der Waals surface area (Å²) in [4.78, 5) is 13.6. The zero-order valence-electron chi connectivity index (χ0n) is 11.7. The molecule has 0 aliphatic carbocycles. The van der Waals surface area contributed by atoms with E-state index in [4.69, 9.17) is 4.74 Å². The second-order valence-corrected chi connectivity index (χ2v) is 4.72. The number of likely N-dealkylation sites (N-methyl/N-ethyl adjacent to an activating group) is 1. The van der Waals surface area contributed by atoms with Crippen LogP contribution in [-0.4, -0.2) is 49.3 Å². The number of ether oxygens (including phenoxy) is 1. The summed E-state index contributed by atoms with van der Waals surface area (Å²) in [6, 6.07) is 3.04. The highest BCUT2D eigenvalue weighted by atomic mass is 19.1. The number of methoxy groups -OCH3 is 1. The predicted molar refractivity (Wildman–Crippen MR) is 70.7 cm³/mol. The van der Waals surface area contributed by atoms with Gasteiger partial charge in [-0.05, 0) is 37.1 Å². The van der Waals surface area contributed by atoms with Crippen LogP contribution in [0.4, 0.5) is 4.39 Å². The molecule has 1 unspecified atom stereocenters. The first-order valence-electron chi connectivity index (χ1n) is 6.06. The van der Waals surface area contributed by atoms with E-state index in [0.717, 1.165) is 0 Å². The monoisotopic (exact) mass is 269 g/mol. The normalized spacial score (nSPS) is 12.3. The van der Waals surface area contributed by atoms with Gasteiger partial charge in [-0.2, -0.15) is 0 Å². The van der Waals surface area contributed by atoms with Crippen LogP contribution < -0.4 is 0 Å². The summed E-state index contributed by atoms with van der Waals surface area (Å²) in [6.45, 7) is 3.58. The Balaban J connectivity index is 2.82. The molecule has 0 saturated heterocycles. The Labute approximate surface area is 112 Å². The van der Waals surface area contributed by atoms with Crippen molar-refractivity contribution in [1.29, 1.82) is 0 Å². The fourth-order valence-corrected chi connectivity index (χ4v) is 1.93. The maximum atomic E-state index is 13.5. The van der Waals surface area contributed by atoms with Crippen molar-refractivity contribution in [3.63, 3.8) is 0 Å². The van der Waals surface area contributed by atoms with E-state index in [1.54, 1.807) is 20.9 Å². The van der Waals surface area contributed by atoms with Crippen LogP contribution in [0.15, 0.2) is 12.1 Å². The molecule has 1 rings (SSSR count). The Hall–Kier alpha value is -1.46. The van der Waals surface area contributed by atoms with E-state index in [9.17, 15) is 14.3 Å². The fraction of sp³-hybridized carbons (Fsp3) is 0.500. The van der Waals surface area contributed by atoms with Crippen LogP contribution in [0.2, 0.25) is 0 Å². The van der Waals surface area contributed by atoms with Gasteiger partial charge in [0.15, 0.2) is 0 Å². The van der Waals surface area contributed by atoms with Crippen LogP contribution in [0.3, 0.4) is 0 Å². The van der Waals surface area contributed by atoms with Gasteiger partial charge in [-0.1, -0.05) is 0 Å². The molecule has 0 radical (unpaired) electrons. The minimum atomic E-state index is -0.735. The molecule has 19 heavy (non-hydrogen) atoms. The van der Waals surface area contributed by atoms with Crippen LogP contribution in [-0.2, 0) is 4.74 Å². The number of carbonyl (C=O) groups excluding carboxylic acids is 1. The number of aliphatic hydroxyl groups excluding tert-OH is 1. The Morgan fingerprint density at radius 1 is 1.42 bits per heavy atom. The molecule has 1 atom stereocenters. The first kappa shape index (κ1) is 15.6. The van der Waals surface area contributed by atoms with Crippen LogP contribution in [0.1, 0.15) is 21.5 Å². The molecule has 1 aromatic carbocycles. The lowest BCUT2D eigenvalue weighted by atomic mass is 10.1. The van der Waals surface area contributed by atoms with Crippen molar-refractivity contribution in [2.24, 2.45) is 0 Å². The molecule has 0 aliphatic heterocycles. The number of amides is 1. The lowest BCUT2D eigenvalue weighted by molar-refractivity contribution is 0.0380. The molecule has 0 bridgehead atoms. The van der Waals surface area contributed by atoms with E-state index in [0.29, 0.717) is 16.7 Å². The number of rotatable bonds is 5. The quantitative estimate of drug-likeness (QED) is 0.881. The molecule has 1 N–H and O–H groups in total. The lowest BCUT2D eigenvalue weighted by Gasteiger charge is -2.21. The van der Waals surface area contributed by atoms with Gasteiger partial charge in [0.2, 0.25) is 0 Å². The molecule has 1 aromatic rings. The SMILES string of the molecule is COCC(O)CN(C)C(=O)c1cc(C)c(F)c(C)c1. The van der Waals surface area contributed by atoms with Crippen molar-refractivity contribution in [3.8, 4) is 0 Å². The van der Waals surface area contributed by atoms with Crippen LogP contribution >= 0.6 is 0 Å². The average Bonchev–Trinajstić information content (AvgIpc) is 2.34. The fourth-order valence-electron chi connectivity index (χ4n) is 1.93. The molecule has 5 heteroatoms. The van der Waals surface area contributed by atoms with Gasteiger partial charge in [-0.15, -0.1) is 0 Å². The summed E-state index contributed by atoms with van der Waals surface area (Å²) in [5.41, 5.74) is 1.30. The molecular weight excluding hydrogens is 249 g/mol. The first-order valence-corrected chi connectivity index (χ1v) is 6.06. The van der Waals surface area contributed by atoms with Crippen molar-refractivity contribution in [2.45, 2.75) is 20.0 Å². The van der Waals surface area contributed by atoms with Crippen LogP contribution in [0.5, 0.6) is 0 Å². The summed E-state index contributed by atoms with van der Waals surface area (Å²) in [5.74, 6) is -0.542. The Bertz CT molecular complexity index is 439. The van der Waals surface area contributed by atoms with Gasteiger partial charge >= 0.3 is 0 Å². The van der Waals surface area contributed by atoms with Gasteiger partial charge in [0.25, 0.3) is 5.91 Å². The maximum Gasteiger partial charge on any atom is 0.253 e. The Morgan fingerprint density at radius 2 is 1.95 bits per heavy atom. The highest BCUT2D eigenvalue weighted by Gasteiger charge is 2.17. The van der Waals surface area contributed by atoms with Gasteiger partial charge in [-0.3, -0.25) is 4.79 Å². The van der Waals surface area contributed by atoms with Gasteiger partial charge in [0.1, 0.15) is 5.82 Å². The zero-order chi connectivity index (χ0) is 14.6. The van der Waals surface area contributed by atoms with Crippen LogP contribution in [0.25, 0.3) is 0 Å². The highest BCUT2D eigenvalue weighted by molar-refractivity contribution is 5.94. The van der Waals surface area contributed by atoms with E-state index in [-0.39, 0.29) is 24.9 Å². The van der Waals surface area contributed by atoms with E-state index < -0.39 is 6.10 Å². The minimum Gasteiger partial charge on any atom is -0.389 e. The number of halogens is 1. The number of hydrogen-bond acceptors (Lipinski definition) is 3. The summed E-state index contributed by atoms with van der Waals surface area (Å²) in [5, 5.41) is 9.59. The van der Waals surface area contributed by atoms with Gasteiger partial charge in [0, 0.05) is 26.3 Å². The summed E-state index contributed by atoms with van der Waals surface area (Å²) in [7, 11) is 3.08. The zero-order valence-corrected chi connectivity index (χ0v) is 11.7. The van der Waals surface area contributed by atoms with Crippen molar-refractivity contribution in [1.82, 2.24) is 4.90 Å². The summed E-state index contributed by atoms with van der Waals surface area (Å²) >= 11 is 0. The number of aryl methyl sites for hydroxylation is 2. The largest absolute Gasteiger partial charge is 0.389 e. The maximum absolute atomic E-state index is 13.5. The first-order chi connectivity index (χ1) is 8.86. The topological polar surface area (TPSA) is 49.8 Å². The van der Waals surface area contributed by atoms with E-state index in [1.165, 1.54) is 24.1 Å². The Morgan fingerprint density at radius 3 is 2.42 bits per heavy atom. The predicted octanol–water partition coefficient (Wildman–Crippen LogP) is 1.52. The third kappa shape index (κ3) is 4.01. The Kier molecular flexibility index (Phi) is 5.44. The number of carbonyl (C=O) groups is 1. The van der Waals surface area contributed by atoms with Crippen molar-refractivity contribution in [3.05, 3.63) is 34.6 Å². The molecular formula is C14H20FNO3. The lowest BCUT2D eigenvalue weighted by Crippen LogP contribution is -2.36. The molecule has 1 amide bonds. The summed E-state index contributed by atoms with van der Waals surface area (Å²) in [6.07, 6.45) is -0.735. The second-order valence-electron chi connectivity index (χ2n) is 4.72. The third-order valence-electron chi connectivity index (χ3n) is 2.87. The highest BCUT2D eigenvalue weighted by Crippen LogP contribution is 2.16. The van der Waals surface area contributed by atoms with Crippen LogP contribution in [0, 0.1) is 19.7 Å². The number of nitrogens with zero attached hydrogens (tertiary/aromatic N) is 1. The second kappa shape index (κ2) is 6.63. The number of benzene rings is 1. The van der Waals surface area contributed by atoms with Gasteiger partial charge in [-0.25, -0.2) is 4.39 Å². The number of hydrogen-bond donors (Lipinski definition) is 1. The standard InChI is InChI=1S/C14H20FNO3/c1-9-5-11(6-10(2)13(9)15)14(18)16(3)7-12(17)8-19-4/h5-6,12,17H,7-8H2,1-4H3. The molecule has 0 aliphatic rings. The smallest absolute Gasteiger partial charge is 0.253 e. The van der Waals surface area contributed by atoms with Gasteiger partial charge < -0.3 is 14.7 Å². The van der Waals surface area contributed by atoms with E-state index in [2.05, 4.69) is 0 Å². The third-order valence-corrected chi connectivity index (χ3v) is 2.87. The van der Waals surface area contributed by atoms with E-state index >= 15 is 0 Å². The van der Waals surface area contributed by atoms with Gasteiger partial charge in [0.05, 0.1) is 12.7 Å². The molecule has 106 valence electrons. The van der Waals surface area contributed by atoms with Crippen molar-refractivity contribution < 1.29 is 19.0 Å². The summed E-state index contributed by atoms with van der Waals surface area (Å²) < 4.78 is 18.3. The molecule has 0 fully saturated rings. The molecule has 4 nitrogen and oxygen atoms in total. The van der Waals surface area contributed by atoms with Crippen molar-refractivity contribution in [2.75, 3.05) is 27.3 Å². The minimum absolute atomic E-state index is 0.166. The molecule has 0 saturated carbocycles. The van der Waals surface area contributed by atoms with Crippen molar-refractivity contribution >= 4 is 5.91 Å². The molecule has 0 spiro atoms. The van der Waals surface area contributed by atoms with E-state index in [1.807, 2.05) is 0 Å². The molecule has 0 heterocycles.